The molecular formula is C18H14N4O2. The number of imidazole rings is 1. The number of nitriles is 1. The van der Waals surface area contributed by atoms with Gasteiger partial charge in [0.2, 0.25) is 0 Å². The van der Waals surface area contributed by atoms with Crippen molar-refractivity contribution in [3.8, 4) is 6.07 Å². The first kappa shape index (κ1) is 15.4. The number of rotatable bonds is 4. The Morgan fingerprint density at radius 2 is 2.17 bits per heavy atom. The van der Waals surface area contributed by atoms with Crippen molar-refractivity contribution < 1.29 is 4.92 Å². The molecule has 2 aromatic carbocycles. The number of hydrogen-bond donors (Lipinski definition) is 0. The second-order valence-corrected chi connectivity index (χ2v) is 5.45. The van der Waals surface area contributed by atoms with Gasteiger partial charge in [0.05, 0.1) is 34.9 Å². The van der Waals surface area contributed by atoms with Crippen LogP contribution in [-0.4, -0.2) is 14.5 Å². The summed E-state index contributed by atoms with van der Waals surface area (Å²) in [6, 6.07) is 14.8. The summed E-state index contributed by atoms with van der Waals surface area (Å²) in [6.45, 7) is 2.05. The van der Waals surface area contributed by atoms with Gasteiger partial charge in [-0.15, -0.1) is 0 Å². The highest BCUT2D eigenvalue weighted by Gasteiger charge is 2.11. The minimum atomic E-state index is -0.415. The number of nitro benzene ring substituents is 1. The number of nitro groups is 1. The van der Waals surface area contributed by atoms with Crippen molar-refractivity contribution in [2.24, 2.45) is 0 Å². The van der Waals surface area contributed by atoms with E-state index in [-0.39, 0.29) is 5.69 Å². The number of aromatic nitrogens is 2. The smallest absolute Gasteiger partial charge is 0.272 e. The van der Waals surface area contributed by atoms with Gasteiger partial charge in [0.15, 0.2) is 0 Å². The van der Waals surface area contributed by atoms with E-state index in [1.165, 1.54) is 6.07 Å². The number of nitrogens with zero attached hydrogens (tertiary/aromatic N) is 4. The minimum absolute atomic E-state index is 0.0501. The molecule has 6 heteroatoms. The SMILES string of the molecule is Cc1ccc(/C=C(/C#N)Cn2cnc3ccccc32)cc1[N+](=O)[O-]. The third-order valence-electron chi connectivity index (χ3n) is 3.78. The average Bonchev–Trinajstić information content (AvgIpc) is 2.98. The normalized spacial score (nSPS) is 11.4. The first-order chi connectivity index (χ1) is 11.6. The predicted molar refractivity (Wildman–Crippen MR) is 91.2 cm³/mol. The third kappa shape index (κ3) is 3.01. The summed E-state index contributed by atoms with van der Waals surface area (Å²) in [6.07, 6.45) is 3.36. The van der Waals surface area contributed by atoms with Crippen LogP contribution in [0, 0.1) is 28.4 Å². The Morgan fingerprint density at radius 1 is 1.38 bits per heavy atom. The maximum Gasteiger partial charge on any atom is 0.272 e. The summed E-state index contributed by atoms with van der Waals surface area (Å²) in [5.74, 6) is 0. The van der Waals surface area contributed by atoms with Crippen molar-refractivity contribution in [2.75, 3.05) is 0 Å². The van der Waals surface area contributed by atoms with Crippen LogP contribution < -0.4 is 0 Å². The molecule has 118 valence electrons. The van der Waals surface area contributed by atoms with E-state index in [2.05, 4.69) is 11.1 Å². The fourth-order valence-electron chi connectivity index (χ4n) is 2.55. The molecule has 3 rings (SSSR count). The molecule has 24 heavy (non-hydrogen) atoms. The van der Waals surface area contributed by atoms with Crippen LogP contribution in [0.5, 0.6) is 0 Å². The van der Waals surface area contributed by atoms with Crippen molar-refractivity contribution in [3.63, 3.8) is 0 Å². The average molecular weight is 318 g/mol. The molecular weight excluding hydrogens is 304 g/mol. The molecule has 0 fully saturated rings. The van der Waals surface area contributed by atoms with Gasteiger partial charge in [-0.25, -0.2) is 4.98 Å². The highest BCUT2D eigenvalue weighted by molar-refractivity contribution is 5.75. The van der Waals surface area contributed by atoms with Crippen LogP contribution in [0.2, 0.25) is 0 Å². The molecule has 0 spiro atoms. The number of aryl methyl sites for hydroxylation is 1. The Hall–Kier alpha value is -3.46. The van der Waals surface area contributed by atoms with Gasteiger partial charge in [0.25, 0.3) is 5.69 Å². The summed E-state index contributed by atoms with van der Waals surface area (Å²) in [4.78, 5) is 14.9. The molecule has 0 N–H and O–H groups in total. The van der Waals surface area contributed by atoms with Crippen LogP contribution in [0.4, 0.5) is 5.69 Å². The molecule has 0 aliphatic heterocycles. The Morgan fingerprint density at radius 3 is 2.92 bits per heavy atom. The lowest BCUT2D eigenvalue weighted by Crippen LogP contribution is -1.98. The molecule has 0 atom stereocenters. The van der Waals surface area contributed by atoms with Gasteiger partial charge in [-0.05, 0) is 30.7 Å². The number of benzene rings is 2. The summed E-state index contributed by atoms with van der Waals surface area (Å²) >= 11 is 0. The number of hydrogen-bond acceptors (Lipinski definition) is 4. The van der Waals surface area contributed by atoms with Crippen LogP contribution in [0.15, 0.2) is 54.4 Å². The molecule has 1 heterocycles. The second kappa shape index (κ2) is 6.34. The summed E-state index contributed by atoms with van der Waals surface area (Å²) in [5.41, 5.74) is 3.57. The fraction of sp³-hybridized carbons (Fsp3) is 0.111. The van der Waals surface area contributed by atoms with E-state index in [4.69, 9.17) is 0 Å². The third-order valence-corrected chi connectivity index (χ3v) is 3.78. The molecule has 0 unspecified atom stereocenters. The zero-order valence-electron chi connectivity index (χ0n) is 13.0. The minimum Gasteiger partial charge on any atom is -0.325 e. The van der Waals surface area contributed by atoms with Crippen molar-refractivity contribution in [1.29, 1.82) is 5.26 Å². The Kier molecular flexibility index (Phi) is 4.08. The molecule has 0 saturated heterocycles. The van der Waals surface area contributed by atoms with Crippen LogP contribution >= 0.6 is 0 Å². The van der Waals surface area contributed by atoms with E-state index in [0.29, 0.717) is 23.2 Å². The van der Waals surface area contributed by atoms with Crippen molar-refractivity contribution >= 4 is 22.8 Å². The predicted octanol–water partition coefficient (Wildman–Crippen LogP) is 3.86. The van der Waals surface area contributed by atoms with Crippen molar-refractivity contribution in [3.05, 3.63) is 75.6 Å². The highest BCUT2D eigenvalue weighted by Crippen LogP contribution is 2.21. The van der Waals surface area contributed by atoms with Gasteiger partial charge < -0.3 is 4.57 Å². The lowest BCUT2D eigenvalue weighted by Gasteiger charge is -2.04. The first-order valence-electron chi connectivity index (χ1n) is 7.34. The quantitative estimate of drug-likeness (QED) is 0.415. The highest BCUT2D eigenvalue weighted by atomic mass is 16.6. The molecule has 0 aliphatic carbocycles. The summed E-state index contributed by atoms with van der Waals surface area (Å²) in [7, 11) is 0. The Balaban J connectivity index is 1.94. The fourth-order valence-corrected chi connectivity index (χ4v) is 2.55. The monoisotopic (exact) mass is 318 g/mol. The number of fused-ring (bicyclic) bond motifs is 1. The van der Waals surface area contributed by atoms with Crippen LogP contribution in [-0.2, 0) is 6.54 Å². The van der Waals surface area contributed by atoms with E-state index in [1.54, 1.807) is 31.5 Å². The summed E-state index contributed by atoms with van der Waals surface area (Å²) < 4.78 is 1.88. The molecule has 0 radical (unpaired) electrons. The molecule has 1 aromatic heterocycles. The molecule has 0 amide bonds. The van der Waals surface area contributed by atoms with Gasteiger partial charge in [-0.3, -0.25) is 10.1 Å². The van der Waals surface area contributed by atoms with Gasteiger partial charge in [0, 0.05) is 17.2 Å². The Labute approximate surface area is 138 Å². The zero-order valence-corrected chi connectivity index (χ0v) is 13.0. The Bertz CT molecular complexity index is 996. The first-order valence-corrected chi connectivity index (χ1v) is 7.34. The van der Waals surface area contributed by atoms with Crippen LogP contribution in [0.25, 0.3) is 17.1 Å². The van der Waals surface area contributed by atoms with E-state index < -0.39 is 4.92 Å². The summed E-state index contributed by atoms with van der Waals surface area (Å²) in [5, 5.41) is 20.4. The van der Waals surface area contributed by atoms with Crippen molar-refractivity contribution in [1.82, 2.24) is 9.55 Å². The van der Waals surface area contributed by atoms with Crippen LogP contribution in [0.3, 0.4) is 0 Å². The topological polar surface area (TPSA) is 84.8 Å². The second-order valence-electron chi connectivity index (χ2n) is 5.45. The lowest BCUT2D eigenvalue weighted by atomic mass is 10.1. The van der Waals surface area contributed by atoms with Crippen molar-refractivity contribution in [2.45, 2.75) is 13.5 Å². The van der Waals surface area contributed by atoms with E-state index in [9.17, 15) is 15.4 Å². The van der Waals surface area contributed by atoms with Gasteiger partial charge >= 0.3 is 0 Å². The van der Waals surface area contributed by atoms with Gasteiger partial charge in [-0.1, -0.05) is 24.3 Å². The molecule has 6 nitrogen and oxygen atoms in total. The molecule has 0 bridgehead atoms. The lowest BCUT2D eigenvalue weighted by molar-refractivity contribution is -0.385. The maximum atomic E-state index is 11.0. The molecule has 0 aliphatic rings. The van der Waals surface area contributed by atoms with Crippen LogP contribution in [0.1, 0.15) is 11.1 Å². The number of para-hydroxylation sites is 2. The maximum absolute atomic E-state index is 11.0. The van der Waals surface area contributed by atoms with E-state index in [0.717, 1.165) is 11.0 Å². The van der Waals surface area contributed by atoms with Gasteiger partial charge in [0.1, 0.15) is 0 Å². The molecule has 0 saturated carbocycles. The zero-order chi connectivity index (χ0) is 17.1. The van der Waals surface area contributed by atoms with Gasteiger partial charge in [-0.2, -0.15) is 5.26 Å². The van der Waals surface area contributed by atoms with E-state index >= 15 is 0 Å². The standard InChI is InChI=1S/C18H14N4O2/c1-13-6-7-14(9-18(13)22(23)24)8-15(10-19)11-21-12-20-16-4-2-3-5-17(16)21/h2-9,12H,11H2,1H3/b15-8-. The molecule has 3 aromatic rings. The number of allylic oxidation sites excluding steroid dienone is 1. The van der Waals surface area contributed by atoms with E-state index in [1.807, 2.05) is 28.8 Å². The largest absolute Gasteiger partial charge is 0.325 e.